The van der Waals surface area contributed by atoms with Crippen LogP contribution in [-0.4, -0.2) is 9.97 Å². The third-order valence-corrected chi connectivity index (χ3v) is 32.1. The van der Waals surface area contributed by atoms with Crippen molar-refractivity contribution in [1.29, 1.82) is 0 Å². The normalized spacial score (nSPS) is 14.3. The smallest absolute Gasteiger partial charge is 0.0972 e. The van der Waals surface area contributed by atoms with Gasteiger partial charge < -0.3 is 9.80 Å². The van der Waals surface area contributed by atoms with E-state index in [0.717, 1.165) is 78.4 Å². The maximum atomic E-state index is 5.28. The number of pyridine rings is 2. The zero-order valence-corrected chi connectivity index (χ0v) is 81.0. The van der Waals surface area contributed by atoms with Gasteiger partial charge in [0.15, 0.2) is 0 Å². The first kappa shape index (κ1) is 84.8. The van der Waals surface area contributed by atoms with E-state index in [1.54, 1.807) is 0 Å². The van der Waals surface area contributed by atoms with E-state index >= 15 is 0 Å². The molecule has 0 N–H and O–H groups in total. The van der Waals surface area contributed by atoms with Crippen LogP contribution in [0, 0.1) is 0 Å². The Balaban J connectivity index is 0.000000110. The Morgan fingerprint density at radius 3 is 0.830 bits per heavy atom. The minimum atomic E-state index is -0.0700. The number of para-hydroxylation sites is 2. The highest BCUT2D eigenvalue weighted by Crippen LogP contribution is 2.57. The summed E-state index contributed by atoms with van der Waals surface area (Å²) in [6, 6.07) is 165. The summed E-state index contributed by atoms with van der Waals surface area (Å²) in [6.45, 7) is 23.4. The van der Waals surface area contributed by atoms with Crippen LogP contribution in [0.2, 0.25) is 0 Å². The molecule has 0 radical (unpaired) electrons. The third-order valence-electron chi connectivity index (χ3n) is 32.1. The van der Waals surface area contributed by atoms with Crippen molar-refractivity contribution < 1.29 is 0 Å². The standard InChI is InChI=1S/C54H44N2.C42H32N2.C41H28/c1-53(2)49-21-13-11-19-45(49)47-33-31-43(35-51(47)53)55(39-15-7-5-8-16-39)41-27-23-37(24-28-41)38-25-29-42(30-26-38)56(40-17-9-6-10-18-40)44-32-34-48-46-20-12-14-22-50(46)54(3,4)52(48)36-44;1-41(2)33-11-7-5-9-29(33)31-19-15-27(23-35(31)41)37-21-17-25-13-14-26-18-22-38(44-40(26)39(25)43-37)28-16-20-32-30-10-6-8-12-34(30)42(3,4)36(32)24-28;1-41(2)37-9-4-3-8-34(37)35-20-18-31(24-38(35)41)29-12-13-30-23-32(15-14-28(30)22-29)33-19-16-27-11-10-25-6-5-7-26-17-21-36(33)40(27)39(25)26/h5-36H,1-4H3;5-24H,1-4H3;3-24H,1-2H3. The first-order chi connectivity index (χ1) is 68.6. The molecular formula is C137H104N4. The molecule has 2 aromatic heterocycles. The van der Waals surface area contributed by atoms with Gasteiger partial charge in [-0.1, -0.05) is 403 Å². The van der Waals surface area contributed by atoms with Gasteiger partial charge >= 0.3 is 0 Å². The summed E-state index contributed by atoms with van der Waals surface area (Å²) in [4.78, 5) is 15.3. The lowest BCUT2D eigenvalue weighted by Gasteiger charge is -2.28. The fourth-order valence-electron chi connectivity index (χ4n) is 24.6. The van der Waals surface area contributed by atoms with Crippen molar-refractivity contribution in [3.8, 4) is 112 Å². The van der Waals surface area contributed by atoms with E-state index in [9.17, 15) is 0 Å². The van der Waals surface area contributed by atoms with E-state index in [4.69, 9.17) is 9.97 Å². The lowest BCUT2D eigenvalue weighted by atomic mass is 9.81. The molecule has 0 amide bonds. The number of hydrogen-bond donors (Lipinski definition) is 0. The second-order valence-corrected chi connectivity index (χ2v) is 41.9. The van der Waals surface area contributed by atoms with Gasteiger partial charge in [0.2, 0.25) is 0 Å². The van der Waals surface area contributed by atoms with Gasteiger partial charge in [-0.25, -0.2) is 9.97 Å². The summed E-state index contributed by atoms with van der Waals surface area (Å²) < 4.78 is 0. The van der Waals surface area contributed by atoms with E-state index in [2.05, 4.69) is 528 Å². The summed E-state index contributed by atoms with van der Waals surface area (Å²) in [6.07, 6.45) is 0. The summed E-state index contributed by atoms with van der Waals surface area (Å²) in [5.41, 5.74) is 47.5. The largest absolute Gasteiger partial charge is 0.310 e. The second-order valence-electron chi connectivity index (χ2n) is 41.9. The van der Waals surface area contributed by atoms with Crippen LogP contribution in [0.5, 0.6) is 0 Å². The van der Waals surface area contributed by atoms with E-state index in [-0.39, 0.29) is 27.1 Å². The molecule has 0 unspecified atom stereocenters. The highest BCUT2D eigenvalue weighted by molar-refractivity contribution is 6.26. The van der Waals surface area contributed by atoms with E-state index < -0.39 is 0 Å². The van der Waals surface area contributed by atoms with E-state index in [1.165, 1.54) is 188 Å². The summed E-state index contributed by atoms with van der Waals surface area (Å²) in [5, 5.41) is 12.7. The molecule has 0 aliphatic heterocycles. The van der Waals surface area contributed by atoms with Crippen LogP contribution < -0.4 is 9.80 Å². The van der Waals surface area contributed by atoms with Gasteiger partial charge in [-0.3, -0.25) is 0 Å². The predicted molar refractivity (Wildman–Crippen MR) is 596 cm³/mol. The SMILES string of the molecule is CC1(C)c2ccccc2-c2ccc(-c3ccc4cc(-c5ccc6ccc7cccc8ccc5c6c78)ccc4c3)cc21.CC1(C)c2ccccc2-c2ccc(-c3ccc4ccc5ccc(-c6ccc7c(c6)C(C)(C)c6ccccc6-7)nc5c4n3)cc21.CC1(C)c2ccccc2-c2ccc(N(c3ccccc3)c3ccc(-c4ccc(N(c5ccccc5)c5ccc6c(c5)C(C)(C)c5ccccc5-6)cc4)cc3)cc21. The molecule has 4 nitrogen and oxygen atoms in total. The molecule has 0 saturated heterocycles. The fourth-order valence-corrected chi connectivity index (χ4v) is 24.6. The minimum Gasteiger partial charge on any atom is -0.310 e. The molecule has 672 valence electrons. The molecule has 28 rings (SSSR count). The Kier molecular flexibility index (Phi) is 19.4. The van der Waals surface area contributed by atoms with E-state index in [1.807, 2.05) is 0 Å². The molecule has 5 aliphatic carbocycles. The van der Waals surface area contributed by atoms with Crippen molar-refractivity contribution in [3.63, 3.8) is 0 Å². The number of fused-ring (bicyclic) bond motifs is 19. The number of aromatic nitrogens is 2. The molecule has 0 saturated carbocycles. The quantitative estimate of drug-likeness (QED) is 0.121. The molecule has 23 aromatic rings. The molecule has 0 bridgehead atoms. The Bertz CT molecular complexity index is 8690. The molecule has 5 aliphatic rings. The number of nitrogens with zero attached hydrogens (tertiary/aromatic N) is 4. The minimum absolute atomic E-state index is 0.00830. The Morgan fingerprint density at radius 1 is 0.156 bits per heavy atom. The first-order valence-electron chi connectivity index (χ1n) is 49.7. The number of anilines is 6. The number of hydrogen-bond acceptors (Lipinski definition) is 4. The molecular weight excluding hydrogens is 1700 g/mol. The molecule has 21 aromatic carbocycles. The number of benzene rings is 21. The average Bonchev–Trinajstić information content (AvgIpc) is 1.45. The van der Waals surface area contributed by atoms with Crippen molar-refractivity contribution in [1.82, 2.24) is 9.97 Å². The lowest BCUT2D eigenvalue weighted by Crippen LogP contribution is -2.16. The van der Waals surface area contributed by atoms with Crippen LogP contribution in [0.15, 0.2) is 449 Å². The highest BCUT2D eigenvalue weighted by atomic mass is 15.1. The van der Waals surface area contributed by atoms with Crippen LogP contribution in [0.4, 0.5) is 34.1 Å². The molecule has 0 fully saturated rings. The van der Waals surface area contributed by atoms with Crippen molar-refractivity contribution in [2.24, 2.45) is 0 Å². The first-order valence-corrected chi connectivity index (χ1v) is 49.7. The lowest BCUT2D eigenvalue weighted by molar-refractivity contribution is 0.660. The van der Waals surface area contributed by atoms with Gasteiger partial charge in [0.05, 0.1) is 22.4 Å². The number of rotatable bonds is 11. The third kappa shape index (κ3) is 13.6. The van der Waals surface area contributed by atoms with Crippen molar-refractivity contribution in [2.45, 2.75) is 96.3 Å². The van der Waals surface area contributed by atoms with Gasteiger partial charge in [-0.15, -0.1) is 0 Å². The molecule has 0 atom stereocenters. The van der Waals surface area contributed by atoms with Gasteiger partial charge in [0.25, 0.3) is 0 Å². The van der Waals surface area contributed by atoms with Crippen LogP contribution in [-0.2, 0) is 27.1 Å². The van der Waals surface area contributed by atoms with Gasteiger partial charge in [-0.05, 0) is 303 Å². The highest BCUT2D eigenvalue weighted by Gasteiger charge is 2.41. The van der Waals surface area contributed by atoms with Gasteiger partial charge in [-0.2, -0.15) is 0 Å². The topological polar surface area (TPSA) is 32.3 Å². The molecule has 141 heavy (non-hydrogen) atoms. The second kappa shape index (κ2) is 32.2. The van der Waals surface area contributed by atoms with Crippen LogP contribution >= 0.6 is 0 Å². The molecule has 2 heterocycles. The summed E-state index contributed by atoms with van der Waals surface area (Å²) >= 11 is 0. The maximum absolute atomic E-state index is 5.28. The molecule has 0 spiro atoms. The van der Waals surface area contributed by atoms with Gasteiger partial charge in [0, 0.05) is 83.1 Å². The zero-order valence-electron chi connectivity index (χ0n) is 81.0. The Morgan fingerprint density at radius 2 is 0.418 bits per heavy atom. The van der Waals surface area contributed by atoms with Crippen molar-refractivity contribution in [2.75, 3.05) is 9.80 Å². The van der Waals surface area contributed by atoms with Gasteiger partial charge in [0.1, 0.15) is 0 Å². The monoisotopic (exact) mass is 1800 g/mol. The zero-order chi connectivity index (χ0) is 95.1. The Labute approximate surface area is 825 Å². The predicted octanol–water partition coefficient (Wildman–Crippen LogP) is 37.0. The van der Waals surface area contributed by atoms with Crippen LogP contribution in [0.25, 0.3) is 176 Å². The molecule has 4 heteroatoms. The van der Waals surface area contributed by atoms with Crippen LogP contribution in [0.3, 0.4) is 0 Å². The summed E-state index contributed by atoms with van der Waals surface area (Å²) in [7, 11) is 0. The van der Waals surface area contributed by atoms with Crippen molar-refractivity contribution >= 4 is 99.0 Å². The van der Waals surface area contributed by atoms with Crippen molar-refractivity contribution in [3.05, 3.63) is 505 Å². The summed E-state index contributed by atoms with van der Waals surface area (Å²) in [5.74, 6) is 0. The Hall–Kier alpha value is -16.7. The van der Waals surface area contributed by atoms with Crippen LogP contribution in [0.1, 0.15) is 125 Å². The maximum Gasteiger partial charge on any atom is 0.0972 e. The fraction of sp³-hybridized carbons (Fsp3) is 0.109. The van der Waals surface area contributed by atoms with E-state index in [0.29, 0.717) is 0 Å². The average molecular weight is 1810 g/mol.